The Bertz CT molecular complexity index is 511. The Morgan fingerprint density at radius 1 is 1.32 bits per heavy atom. The quantitative estimate of drug-likeness (QED) is 0.926. The second-order valence-corrected chi connectivity index (χ2v) is 6.68. The van der Waals surface area contributed by atoms with Gasteiger partial charge in [0.25, 0.3) is 0 Å². The molecule has 1 heterocycles. The van der Waals surface area contributed by atoms with Gasteiger partial charge in [-0.3, -0.25) is 0 Å². The molecule has 0 saturated carbocycles. The molecule has 0 aliphatic carbocycles. The number of hydrogen-bond donors (Lipinski definition) is 1. The number of nitrogens with zero attached hydrogens (tertiary/aromatic N) is 1. The lowest BCUT2D eigenvalue weighted by molar-refractivity contribution is 0.320. The van der Waals surface area contributed by atoms with Gasteiger partial charge in [0, 0.05) is 19.1 Å². The monoisotopic (exact) mass is 304 g/mol. The highest BCUT2D eigenvalue weighted by molar-refractivity contribution is 7.89. The zero-order chi connectivity index (χ0) is 13.2. The van der Waals surface area contributed by atoms with Crippen LogP contribution < -0.4 is 5.73 Å². The van der Waals surface area contributed by atoms with Gasteiger partial charge in [0.2, 0.25) is 10.0 Å². The third kappa shape index (κ3) is 3.69. The molecule has 1 saturated heterocycles. The fourth-order valence-corrected chi connectivity index (χ4v) is 3.73. The lowest BCUT2D eigenvalue weighted by atomic mass is 10.1. The maximum Gasteiger partial charge on any atom is 0.243 e. The van der Waals surface area contributed by atoms with Crippen molar-refractivity contribution in [1.29, 1.82) is 0 Å². The van der Waals surface area contributed by atoms with Crippen molar-refractivity contribution in [1.82, 2.24) is 4.31 Å². The maximum absolute atomic E-state index is 12.4. The largest absolute Gasteiger partial charge is 0.328 e. The molecule has 1 aliphatic rings. The van der Waals surface area contributed by atoms with Crippen LogP contribution in [0, 0.1) is 0 Å². The topological polar surface area (TPSA) is 63.4 Å². The van der Waals surface area contributed by atoms with Gasteiger partial charge in [-0.25, -0.2) is 8.42 Å². The first-order valence-corrected chi connectivity index (χ1v) is 7.82. The smallest absolute Gasteiger partial charge is 0.243 e. The van der Waals surface area contributed by atoms with Crippen LogP contribution in [0.4, 0.5) is 0 Å². The summed E-state index contributed by atoms with van der Waals surface area (Å²) in [5.41, 5.74) is 6.85. The van der Waals surface area contributed by atoms with Gasteiger partial charge in [-0.2, -0.15) is 4.31 Å². The van der Waals surface area contributed by atoms with E-state index in [9.17, 15) is 8.42 Å². The first kappa shape index (κ1) is 16.4. The maximum atomic E-state index is 12.4. The molecule has 0 spiro atoms. The van der Waals surface area contributed by atoms with Crippen LogP contribution in [0.3, 0.4) is 0 Å². The zero-order valence-corrected chi connectivity index (χ0v) is 12.7. The molecular formula is C13H21ClN2O2S. The minimum atomic E-state index is -3.34. The van der Waals surface area contributed by atoms with Crippen LogP contribution in [0.1, 0.15) is 25.3 Å². The number of halogens is 1. The number of hydrogen-bond acceptors (Lipinski definition) is 3. The Morgan fingerprint density at radius 3 is 2.53 bits per heavy atom. The third-order valence-corrected chi connectivity index (χ3v) is 5.34. The molecule has 1 aromatic carbocycles. The van der Waals surface area contributed by atoms with Crippen LogP contribution >= 0.6 is 12.4 Å². The molecule has 2 N–H and O–H groups in total. The van der Waals surface area contributed by atoms with Crippen molar-refractivity contribution < 1.29 is 8.42 Å². The summed E-state index contributed by atoms with van der Waals surface area (Å²) < 4.78 is 26.4. The van der Waals surface area contributed by atoms with Gasteiger partial charge in [0.05, 0.1) is 4.90 Å². The van der Waals surface area contributed by atoms with E-state index in [1.807, 2.05) is 13.0 Å². The molecule has 108 valence electrons. The highest BCUT2D eigenvalue weighted by atomic mass is 35.5. The summed E-state index contributed by atoms with van der Waals surface area (Å²) in [7, 11) is -3.34. The minimum Gasteiger partial charge on any atom is -0.328 e. The molecule has 0 amide bonds. The summed E-state index contributed by atoms with van der Waals surface area (Å²) >= 11 is 0. The fourth-order valence-electron chi connectivity index (χ4n) is 2.19. The van der Waals surface area contributed by atoms with Gasteiger partial charge in [0.15, 0.2) is 0 Å². The van der Waals surface area contributed by atoms with Crippen molar-refractivity contribution in [3.05, 3.63) is 29.8 Å². The Labute approximate surface area is 121 Å². The van der Waals surface area contributed by atoms with E-state index in [-0.39, 0.29) is 18.4 Å². The molecule has 0 unspecified atom stereocenters. The van der Waals surface area contributed by atoms with E-state index in [0.29, 0.717) is 18.0 Å². The van der Waals surface area contributed by atoms with Crippen LogP contribution in [0.5, 0.6) is 0 Å². The molecule has 1 fully saturated rings. The van der Waals surface area contributed by atoms with E-state index in [2.05, 4.69) is 0 Å². The number of aryl methyl sites for hydroxylation is 1. The van der Waals surface area contributed by atoms with Crippen molar-refractivity contribution in [2.75, 3.05) is 13.1 Å². The highest BCUT2D eigenvalue weighted by Gasteiger charge is 2.28. The van der Waals surface area contributed by atoms with Crippen molar-refractivity contribution in [2.24, 2.45) is 5.73 Å². The van der Waals surface area contributed by atoms with Crippen LogP contribution in [0.2, 0.25) is 0 Å². The summed E-state index contributed by atoms with van der Waals surface area (Å²) in [4.78, 5) is 0.400. The van der Waals surface area contributed by atoms with Gasteiger partial charge in [-0.15, -0.1) is 12.4 Å². The average Bonchev–Trinajstić information content (AvgIpc) is 2.39. The summed E-state index contributed by atoms with van der Waals surface area (Å²) in [5, 5.41) is 0. The number of rotatable bonds is 3. The molecule has 2 rings (SSSR count). The number of benzene rings is 1. The van der Waals surface area contributed by atoms with Gasteiger partial charge >= 0.3 is 0 Å². The summed E-state index contributed by atoms with van der Waals surface area (Å²) in [6, 6.07) is 7.33. The summed E-state index contributed by atoms with van der Waals surface area (Å²) in [6.45, 7) is 3.07. The normalized spacial score (nSPS) is 18.0. The number of sulfonamides is 1. The van der Waals surface area contributed by atoms with Crippen LogP contribution in [0.25, 0.3) is 0 Å². The Morgan fingerprint density at radius 2 is 1.95 bits per heavy atom. The average molecular weight is 305 g/mol. The molecular weight excluding hydrogens is 284 g/mol. The van der Waals surface area contributed by atoms with Gasteiger partial charge in [0.1, 0.15) is 0 Å². The van der Waals surface area contributed by atoms with E-state index >= 15 is 0 Å². The van der Waals surface area contributed by atoms with E-state index in [1.54, 1.807) is 22.5 Å². The van der Waals surface area contributed by atoms with Crippen LogP contribution in [-0.4, -0.2) is 31.9 Å². The first-order chi connectivity index (χ1) is 8.54. The second kappa shape index (κ2) is 6.70. The lowest BCUT2D eigenvalue weighted by Gasteiger charge is -2.29. The molecule has 19 heavy (non-hydrogen) atoms. The van der Waals surface area contributed by atoms with Gasteiger partial charge < -0.3 is 5.73 Å². The third-order valence-electron chi connectivity index (χ3n) is 3.44. The SMILES string of the molecule is CCc1cccc(S(=O)(=O)N2CCC(N)CC2)c1.Cl. The molecule has 1 aromatic rings. The lowest BCUT2D eigenvalue weighted by Crippen LogP contribution is -2.42. The fraction of sp³-hybridized carbons (Fsp3) is 0.538. The van der Waals surface area contributed by atoms with E-state index in [4.69, 9.17) is 5.73 Å². The van der Waals surface area contributed by atoms with Crippen molar-refractivity contribution in [3.8, 4) is 0 Å². The highest BCUT2D eigenvalue weighted by Crippen LogP contribution is 2.21. The Hall–Kier alpha value is -0.620. The molecule has 6 heteroatoms. The first-order valence-electron chi connectivity index (χ1n) is 6.38. The Balaban J connectivity index is 0.00000180. The minimum absolute atomic E-state index is 0. The van der Waals surface area contributed by atoms with E-state index in [1.165, 1.54) is 0 Å². The van der Waals surface area contributed by atoms with E-state index < -0.39 is 10.0 Å². The number of piperidine rings is 1. The molecule has 0 bridgehead atoms. The van der Waals surface area contributed by atoms with Gasteiger partial charge in [-0.1, -0.05) is 19.1 Å². The number of nitrogens with two attached hydrogens (primary N) is 1. The molecule has 0 radical (unpaired) electrons. The van der Waals surface area contributed by atoms with E-state index in [0.717, 1.165) is 24.8 Å². The van der Waals surface area contributed by atoms with Crippen molar-refractivity contribution >= 4 is 22.4 Å². The molecule has 1 aliphatic heterocycles. The second-order valence-electron chi connectivity index (χ2n) is 4.74. The van der Waals surface area contributed by atoms with Crippen molar-refractivity contribution in [2.45, 2.75) is 37.1 Å². The van der Waals surface area contributed by atoms with Crippen LogP contribution in [0.15, 0.2) is 29.2 Å². The molecule has 0 aromatic heterocycles. The predicted molar refractivity (Wildman–Crippen MR) is 79.0 cm³/mol. The van der Waals surface area contributed by atoms with Crippen molar-refractivity contribution in [3.63, 3.8) is 0 Å². The summed E-state index contributed by atoms with van der Waals surface area (Å²) in [5.74, 6) is 0. The Kier molecular flexibility index (Phi) is 5.80. The predicted octanol–water partition coefficient (Wildman–Crippen LogP) is 1.78. The molecule has 0 atom stereocenters. The molecule has 4 nitrogen and oxygen atoms in total. The summed E-state index contributed by atoms with van der Waals surface area (Å²) in [6.07, 6.45) is 2.33. The van der Waals surface area contributed by atoms with Gasteiger partial charge in [-0.05, 0) is 37.0 Å². The zero-order valence-electron chi connectivity index (χ0n) is 11.1. The standard InChI is InChI=1S/C13H20N2O2S.ClH/c1-2-11-4-3-5-13(10-11)18(16,17)15-8-6-12(14)7-9-15;/h3-5,10,12H,2,6-9,14H2,1H3;1H. The van der Waals surface area contributed by atoms with Crippen LogP contribution in [-0.2, 0) is 16.4 Å².